The van der Waals surface area contributed by atoms with Crippen LogP contribution in [0.5, 0.6) is 0 Å². The van der Waals surface area contributed by atoms with Gasteiger partial charge >= 0.3 is 0 Å². The van der Waals surface area contributed by atoms with Crippen LogP contribution in [0.3, 0.4) is 0 Å². The average molecular weight is 482 g/mol. The third-order valence-corrected chi connectivity index (χ3v) is 12.2. The molecule has 5 heteroatoms. The average Bonchev–Trinajstić information content (AvgIpc) is 3.43. The fourth-order valence-electron chi connectivity index (χ4n) is 10.7. The molecule has 5 aliphatic carbocycles. The summed E-state index contributed by atoms with van der Waals surface area (Å²) in [6, 6.07) is 8.65. The Morgan fingerprint density at radius 2 is 1.97 bits per heavy atom. The van der Waals surface area contributed by atoms with Crippen molar-refractivity contribution in [2.75, 3.05) is 19.0 Å². The van der Waals surface area contributed by atoms with E-state index in [2.05, 4.69) is 43.4 Å². The molecule has 5 fully saturated rings. The second-order valence-electron chi connectivity index (χ2n) is 13.2. The Balaban J connectivity index is 1.28. The maximum atomic E-state index is 13.3. The number of aliphatic hydroxyl groups excluding tert-OH is 1. The van der Waals surface area contributed by atoms with E-state index in [1.54, 1.807) is 14.0 Å². The Morgan fingerprint density at radius 3 is 2.71 bits per heavy atom. The zero-order chi connectivity index (χ0) is 24.8. The standard InChI is InChI=1S/C30H43NO4/c1-18(32)17-31-22-7-5-6-19(13-22)12-20-8-10-29(16-20)11-9-21-14-23-26-24(33)15-25(35-4)30(26,34)27(21,2)28(23,29)3/h5-7,13,18,20-21,23,25-26,31-32,34H,8-12,14-17H2,1-4H3. The van der Waals surface area contributed by atoms with Gasteiger partial charge in [0.05, 0.1) is 18.1 Å². The Labute approximate surface area is 210 Å². The summed E-state index contributed by atoms with van der Waals surface area (Å²) in [5.41, 5.74) is 1.32. The van der Waals surface area contributed by atoms with Crippen LogP contribution in [0.15, 0.2) is 24.3 Å². The zero-order valence-electron chi connectivity index (χ0n) is 21.8. The lowest BCUT2D eigenvalue weighted by Crippen LogP contribution is -2.63. The summed E-state index contributed by atoms with van der Waals surface area (Å²) >= 11 is 0. The molecule has 1 aromatic carbocycles. The molecule has 10 atom stereocenters. The molecule has 5 aliphatic rings. The number of hydrogen-bond donors (Lipinski definition) is 3. The van der Waals surface area contributed by atoms with Crippen LogP contribution in [-0.2, 0) is 16.0 Å². The topological polar surface area (TPSA) is 78.8 Å². The van der Waals surface area contributed by atoms with Crippen LogP contribution >= 0.6 is 0 Å². The Bertz CT molecular complexity index is 1030. The van der Waals surface area contributed by atoms with Crippen LogP contribution in [0.25, 0.3) is 0 Å². The van der Waals surface area contributed by atoms with Crippen LogP contribution in [0.2, 0.25) is 0 Å². The molecule has 0 aromatic heterocycles. The van der Waals surface area contributed by atoms with Crippen molar-refractivity contribution in [2.45, 2.75) is 89.9 Å². The van der Waals surface area contributed by atoms with Crippen molar-refractivity contribution in [1.29, 1.82) is 0 Å². The molecule has 6 rings (SSSR count). The third-order valence-electron chi connectivity index (χ3n) is 12.2. The summed E-state index contributed by atoms with van der Waals surface area (Å²) in [5.74, 6) is 1.39. The van der Waals surface area contributed by atoms with Gasteiger partial charge < -0.3 is 20.3 Å². The number of carbonyl (C=O) groups excluding carboxylic acids is 1. The molecule has 0 aliphatic heterocycles. The SMILES string of the molecule is COC1CC(=O)C2C3CC4CCC5(CCC(Cc6cccc(NCC(C)O)c6)C5)C3(C)C4(C)C12O. The highest BCUT2D eigenvalue weighted by atomic mass is 16.5. The first kappa shape index (κ1) is 23.9. The molecule has 0 heterocycles. The molecule has 5 nitrogen and oxygen atoms in total. The fourth-order valence-corrected chi connectivity index (χ4v) is 10.7. The van der Waals surface area contributed by atoms with Crippen LogP contribution in [0.4, 0.5) is 5.69 Å². The summed E-state index contributed by atoms with van der Waals surface area (Å²) < 4.78 is 5.83. The first-order chi connectivity index (χ1) is 16.6. The van der Waals surface area contributed by atoms with Gasteiger partial charge in [0.25, 0.3) is 0 Å². The number of ketones is 1. The molecule has 0 saturated heterocycles. The fraction of sp³-hybridized carbons (Fsp3) is 0.767. The molecule has 5 saturated carbocycles. The van der Waals surface area contributed by atoms with Crippen molar-refractivity contribution in [1.82, 2.24) is 0 Å². The second kappa shape index (κ2) is 7.79. The van der Waals surface area contributed by atoms with Crippen LogP contribution in [-0.4, -0.2) is 47.5 Å². The van der Waals surface area contributed by atoms with E-state index in [-0.39, 0.29) is 46.1 Å². The van der Waals surface area contributed by atoms with Crippen molar-refractivity contribution >= 4 is 11.5 Å². The minimum absolute atomic E-state index is 0.0232. The van der Waals surface area contributed by atoms with Gasteiger partial charge in [-0.05, 0) is 98.1 Å². The highest BCUT2D eigenvalue weighted by Gasteiger charge is 2.87. The van der Waals surface area contributed by atoms with Gasteiger partial charge in [-0.3, -0.25) is 4.79 Å². The van der Waals surface area contributed by atoms with Gasteiger partial charge in [0.2, 0.25) is 0 Å². The van der Waals surface area contributed by atoms with Gasteiger partial charge in [-0.25, -0.2) is 0 Å². The van der Waals surface area contributed by atoms with E-state index in [1.807, 2.05) is 0 Å². The molecule has 3 N–H and O–H groups in total. The molecule has 35 heavy (non-hydrogen) atoms. The predicted molar refractivity (Wildman–Crippen MR) is 136 cm³/mol. The molecular weight excluding hydrogens is 438 g/mol. The summed E-state index contributed by atoms with van der Waals surface area (Å²) in [4.78, 5) is 13.3. The maximum Gasteiger partial charge on any atom is 0.141 e. The van der Waals surface area contributed by atoms with Crippen molar-refractivity contribution in [3.8, 4) is 0 Å². The van der Waals surface area contributed by atoms with E-state index in [1.165, 1.54) is 37.7 Å². The van der Waals surface area contributed by atoms with E-state index >= 15 is 0 Å². The first-order valence-electron chi connectivity index (χ1n) is 13.9. The van der Waals surface area contributed by atoms with Gasteiger partial charge in [-0.15, -0.1) is 0 Å². The van der Waals surface area contributed by atoms with Gasteiger partial charge in [0, 0.05) is 31.2 Å². The Morgan fingerprint density at radius 1 is 1.20 bits per heavy atom. The normalized spacial score (nSPS) is 48.5. The van der Waals surface area contributed by atoms with Crippen LogP contribution < -0.4 is 5.32 Å². The van der Waals surface area contributed by atoms with E-state index in [9.17, 15) is 15.0 Å². The van der Waals surface area contributed by atoms with Crippen molar-refractivity contribution in [3.63, 3.8) is 0 Å². The lowest BCUT2D eigenvalue weighted by Gasteiger charge is -2.61. The number of nitrogens with one attached hydrogen (secondary N) is 1. The molecule has 192 valence electrons. The molecular formula is C30H43NO4. The van der Waals surface area contributed by atoms with Crippen molar-refractivity contribution < 1.29 is 19.7 Å². The summed E-state index contributed by atoms with van der Waals surface area (Å²) in [5, 5.41) is 25.3. The minimum atomic E-state index is -1.02. The summed E-state index contributed by atoms with van der Waals surface area (Å²) in [6.07, 6.45) is 7.86. The van der Waals surface area contributed by atoms with Gasteiger partial charge in [0.1, 0.15) is 11.4 Å². The van der Waals surface area contributed by atoms with Crippen LogP contribution in [0, 0.1) is 39.9 Å². The Kier molecular flexibility index (Phi) is 5.33. The monoisotopic (exact) mass is 481 g/mol. The number of ether oxygens (including phenoxy) is 1. The molecule has 0 radical (unpaired) electrons. The molecule has 0 amide bonds. The minimum Gasteiger partial charge on any atom is -0.392 e. The van der Waals surface area contributed by atoms with E-state index < -0.39 is 5.60 Å². The number of aliphatic hydroxyl groups is 2. The van der Waals surface area contributed by atoms with E-state index in [0.29, 0.717) is 24.8 Å². The maximum absolute atomic E-state index is 13.3. The molecule has 10 unspecified atom stereocenters. The van der Waals surface area contributed by atoms with Crippen molar-refractivity contribution in [3.05, 3.63) is 29.8 Å². The Hall–Kier alpha value is -1.43. The highest BCUT2D eigenvalue weighted by Crippen LogP contribution is 2.86. The summed E-state index contributed by atoms with van der Waals surface area (Å²) in [6.45, 7) is 7.17. The lowest BCUT2D eigenvalue weighted by molar-refractivity contribution is -0.221. The number of carbonyl (C=O) groups is 1. The quantitative estimate of drug-likeness (QED) is 0.554. The zero-order valence-corrected chi connectivity index (χ0v) is 21.8. The van der Waals surface area contributed by atoms with Crippen molar-refractivity contribution in [2.24, 2.45) is 39.9 Å². The predicted octanol–water partition coefficient (Wildman–Crippen LogP) is 4.60. The summed E-state index contributed by atoms with van der Waals surface area (Å²) in [7, 11) is 1.68. The van der Waals surface area contributed by atoms with E-state index in [0.717, 1.165) is 18.5 Å². The number of anilines is 1. The second-order valence-corrected chi connectivity index (χ2v) is 13.2. The number of methoxy groups -OCH3 is 1. The lowest BCUT2D eigenvalue weighted by atomic mass is 9.44. The number of Topliss-reactive ketones (excluding diaryl/α,β-unsaturated/α-hetero) is 1. The number of hydrogen-bond acceptors (Lipinski definition) is 5. The molecule has 1 aromatic rings. The molecule has 4 bridgehead atoms. The number of benzene rings is 1. The third kappa shape index (κ3) is 2.84. The van der Waals surface area contributed by atoms with Gasteiger partial charge in [-0.2, -0.15) is 0 Å². The highest BCUT2D eigenvalue weighted by molar-refractivity contribution is 5.88. The first-order valence-corrected chi connectivity index (χ1v) is 13.9. The molecule has 1 spiro atoms. The smallest absolute Gasteiger partial charge is 0.141 e. The number of rotatable bonds is 6. The van der Waals surface area contributed by atoms with Gasteiger partial charge in [-0.1, -0.05) is 26.0 Å². The van der Waals surface area contributed by atoms with Gasteiger partial charge in [0.15, 0.2) is 0 Å². The number of fused-ring (bicyclic) bond motifs is 2. The van der Waals surface area contributed by atoms with E-state index in [4.69, 9.17) is 4.74 Å². The van der Waals surface area contributed by atoms with Crippen LogP contribution in [0.1, 0.15) is 71.3 Å². The largest absolute Gasteiger partial charge is 0.392 e.